The van der Waals surface area contributed by atoms with Crippen LogP contribution < -0.4 is 21.6 Å². The molecule has 1 fully saturated rings. The van der Waals surface area contributed by atoms with Crippen molar-refractivity contribution in [3.8, 4) is 17.2 Å². The van der Waals surface area contributed by atoms with E-state index in [0.717, 1.165) is 16.5 Å². The number of aryl methyl sites for hydroxylation is 1. The van der Waals surface area contributed by atoms with E-state index in [-0.39, 0.29) is 47.6 Å². The lowest BCUT2D eigenvalue weighted by Crippen LogP contribution is -2.53. The topological polar surface area (TPSA) is 297 Å². The monoisotopic (exact) mass is 937 g/mol. The Morgan fingerprint density at radius 2 is 1.74 bits per heavy atom. The number of aliphatic hydroxyl groups is 3. The normalized spacial score (nSPS) is 23.3. The van der Waals surface area contributed by atoms with Crippen LogP contribution in [0.1, 0.15) is 74.4 Å². The lowest BCUT2D eigenvalue weighted by atomic mass is 9.71. The van der Waals surface area contributed by atoms with Crippen LogP contribution in [0.25, 0.3) is 10.9 Å². The Kier molecular flexibility index (Phi) is 14.8. The Morgan fingerprint density at radius 1 is 1.03 bits per heavy atom. The third-order valence-corrected chi connectivity index (χ3v) is 14.1. The third-order valence-electron chi connectivity index (χ3n) is 11.7. The van der Waals surface area contributed by atoms with E-state index >= 15 is 0 Å². The van der Waals surface area contributed by atoms with Crippen molar-refractivity contribution >= 4 is 61.8 Å². The van der Waals surface area contributed by atoms with Gasteiger partial charge in [-0.25, -0.2) is 10.2 Å². The van der Waals surface area contributed by atoms with E-state index in [1.807, 2.05) is 42.1 Å². The Hall–Kier alpha value is -5.23. The fourth-order valence-corrected chi connectivity index (χ4v) is 10.2. The quantitative estimate of drug-likeness (QED) is 0.0176. The Bertz CT molecular complexity index is 2500. The summed E-state index contributed by atoms with van der Waals surface area (Å²) in [6.07, 6.45) is -4.17. The first kappa shape index (κ1) is 47.7. The number of ketones is 2. The summed E-state index contributed by atoms with van der Waals surface area (Å²) in [5.74, 6) is -2.67. The number of methoxy groups -OCH3 is 1. The summed E-state index contributed by atoms with van der Waals surface area (Å²) in [7, 11) is 6.00. The number of aliphatic hydroxyl groups excluding tert-OH is 2. The number of aromatic nitrogens is 1. The van der Waals surface area contributed by atoms with Crippen LogP contribution in [0.5, 0.6) is 17.2 Å². The molecule has 2 heterocycles. The highest BCUT2D eigenvalue weighted by Gasteiger charge is 2.49. The number of fused-ring (bicyclic) bond motifs is 4. The maximum absolute atomic E-state index is 14.0. The molecule has 0 bridgehead atoms. The number of hydrazone groups is 1. The minimum Gasteiger partial charge on any atom is -0.507 e. The SMILES string of the molecule is COc1cccc2c1C(=O)c1c(O)c3c(c(O)c1C2=O)C[C@@](O)(/C(CO)=N\NC(=O)OCCSSCCOC(=O)[C@H](N)Cc1cn(C)c2ccccc12)C[C@@H]3O[C@H]1C[C@H](N)[C@H](O)[C@H](C)O1. The molecule has 10 N–H and O–H groups in total. The zero-order valence-corrected chi connectivity index (χ0v) is 37.4. The fourth-order valence-electron chi connectivity index (χ4n) is 8.52. The molecule has 7 atom stereocenters. The number of carbonyl (C=O) groups excluding carboxylic acids is 4. The van der Waals surface area contributed by atoms with E-state index in [1.165, 1.54) is 46.9 Å². The van der Waals surface area contributed by atoms with Crippen LogP contribution in [0.3, 0.4) is 0 Å². The van der Waals surface area contributed by atoms with Gasteiger partial charge in [-0.1, -0.05) is 51.9 Å². The van der Waals surface area contributed by atoms with Crippen LogP contribution in [-0.2, 0) is 43.6 Å². The standard InChI is InChI=1S/C44H51N5O14S2/c1-21-37(51)26(45)16-32(62-21)63-30-18-44(58,17-25-34(30)41(55)36-35(39(25)53)38(52)24-8-6-10-29(59-3)33(24)40(36)54)31(20-50)47-48-43(57)61-12-14-65-64-13-11-60-42(56)27(46)15-22-19-49(2)28-9-5-4-7-23(22)28/h4-10,19,21,26-27,30,32,37,50-51,53,55,58H,11-18,20,45-46H2,1-3H3,(H,48,57)/b47-31-/t21-,26-,27+,30-,32-,37+,44-/m0/s1. The second kappa shape index (κ2) is 20.1. The average molecular weight is 938 g/mol. The van der Waals surface area contributed by atoms with Gasteiger partial charge in [-0.3, -0.25) is 14.4 Å². The predicted octanol–water partition coefficient (Wildman–Crippen LogP) is 2.50. The van der Waals surface area contributed by atoms with Crippen molar-refractivity contribution in [3.05, 3.63) is 87.6 Å². The summed E-state index contributed by atoms with van der Waals surface area (Å²) in [6, 6.07) is 10.6. The minimum atomic E-state index is -2.21. The molecule has 21 heteroatoms. The van der Waals surface area contributed by atoms with Crippen molar-refractivity contribution in [2.75, 3.05) is 38.4 Å². The first-order chi connectivity index (χ1) is 31.1. The molecule has 1 aromatic heterocycles. The molecule has 1 saturated heterocycles. The minimum absolute atomic E-state index is 0.0318. The smallest absolute Gasteiger partial charge is 0.427 e. The highest BCUT2D eigenvalue weighted by molar-refractivity contribution is 8.76. The van der Waals surface area contributed by atoms with Gasteiger partial charge in [0.15, 0.2) is 12.1 Å². The molecular weight excluding hydrogens is 887 g/mol. The molecule has 0 radical (unpaired) electrons. The third kappa shape index (κ3) is 9.70. The number of nitrogens with zero attached hydrogens (tertiary/aromatic N) is 2. The summed E-state index contributed by atoms with van der Waals surface area (Å²) >= 11 is 0. The number of nitrogens with two attached hydrogens (primary N) is 2. The second-order valence-corrected chi connectivity index (χ2v) is 18.6. The number of aromatic hydroxyl groups is 2. The first-order valence-electron chi connectivity index (χ1n) is 20.7. The molecule has 7 rings (SSSR count). The van der Waals surface area contributed by atoms with Gasteiger partial charge in [0.2, 0.25) is 5.78 Å². The second-order valence-electron chi connectivity index (χ2n) is 15.9. The molecule has 2 aliphatic carbocycles. The van der Waals surface area contributed by atoms with Gasteiger partial charge in [0.25, 0.3) is 0 Å². The maximum atomic E-state index is 14.0. The fraction of sp³-hybridized carbons (Fsp3) is 0.432. The van der Waals surface area contributed by atoms with E-state index < -0.39 is 114 Å². The van der Waals surface area contributed by atoms with Crippen LogP contribution in [0.4, 0.5) is 4.79 Å². The van der Waals surface area contributed by atoms with Crippen molar-refractivity contribution in [1.82, 2.24) is 9.99 Å². The van der Waals surface area contributed by atoms with E-state index in [2.05, 4.69) is 10.5 Å². The lowest BCUT2D eigenvalue weighted by molar-refractivity contribution is -0.245. The number of ether oxygens (including phenoxy) is 5. The predicted molar refractivity (Wildman–Crippen MR) is 239 cm³/mol. The van der Waals surface area contributed by atoms with Crippen molar-refractivity contribution in [3.63, 3.8) is 0 Å². The average Bonchev–Trinajstić information content (AvgIpc) is 3.60. The Morgan fingerprint density at radius 3 is 2.45 bits per heavy atom. The highest BCUT2D eigenvalue weighted by Crippen LogP contribution is 2.52. The molecule has 0 unspecified atom stereocenters. The zero-order valence-electron chi connectivity index (χ0n) is 35.7. The lowest BCUT2D eigenvalue weighted by Gasteiger charge is -2.43. The number of benzene rings is 3. The molecule has 65 heavy (non-hydrogen) atoms. The van der Waals surface area contributed by atoms with Gasteiger partial charge in [-0.2, -0.15) is 5.10 Å². The number of para-hydroxylation sites is 1. The van der Waals surface area contributed by atoms with Gasteiger partial charge < -0.3 is 65.3 Å². The molecule has 0 saturated carbocycles. The number of hydrogen-bond acceptors (Lipinski definition) is 19. The van der Waals surface area contributed by atoms with Gasteiger partial charge >= 0.3 is 12.1 Å². The first-order valence-corrected chi connectivity index (χ1v) is 23.2. The molecular formula is C44H51N5O14S2. The summed E-state index contributed by atoms with van der Waals surface area (Å²) < 4.78 is 30.0. The van der Waals surface area contributed by atoms with Crippen LogP contribution in [0, 0.1) is 0 Å². The van der Waals surface area contributed by atoms with Gasteiger partial charge in [0, 0.05) is 84.1 Å². The van der Waals surface area contributed by atoms with Crippen molar-refractivity contribution < 1.29 is 68.4 Å². The molecule has 4 aromatic rings. The number of rotatable bonds is 16. The number of esters is 1. The maximum Gasteiger partial charge on any atom is 0.427 e. The van der Waals surface area contributed by atoms with E-state index in [9.17, 15) is 44.7 Å². The van der Waals surface area contributed by atoms with Crippen LogP contribution in [0.15, 0.2) is 53.8 Å². The van der Waals surface area contributed by atoms with Crippen molar-refractivity contribution in [1.29, 1.82) is 0 Å². The highest BCUT2D eigenvalue weighted by atomic mass is 33.1. The van der Waals surface area contributed by atoms with E-state index in [4.69, 9.17) is 35.2 Å². The van der Waals surface area contributed by atoms with Crippen molar-refractivity contribution in [2.24, 2.45) is 23.6 Å². The molecule has 348 valence electrons. The van der Waals surface area contributed by atoms with E-state index in [1.54, 1.807) is 6.92 Å². The molecule has 0 spiro atoms. The summed E-state index contributed by atoms with van der Waals surface area (Å²) in [5.41, 5.74) is 12.3. The number of nitrogens with one attached hydrogen (secondary N) is 1. The number of hydrogen-bond donors (Lipinski definition) is 8. The molecule has 3 aliphatic rings. The van der Waals surface area contributed by atoms with Crippen molar-refractivity contribution in [2.45, 2.75) is 74.9 Å². The number of carbonyl (C=O) groups is 4. The van der Waals surface area contributed by atoms with Gasteiger partial charge in [0.1, 0.15) is 42.1 Å². The summed E-state index contributed by atoms with van der Waals surface area (Å²) in [5, 5.41) is 61.8. The summed E-state index contributed by atoms with van der Waals surface area (Å²) in [6.45, 7) is 0.721. The van der Waals surface area contributed by atoms with Gasteiger partial charge in [-0.05, 0) is 24.6 Å². The largest absolute Gasteiger partial charge is 0.507 e. The van der Waals surface area contributed by atoms with Crippen LogP contribution in [0.2, 0.25) is 0 Å². The van der Waals surface area contributed by atoms with Crippen LogP contribution in [-0.4, -0.2) is 134 Å². The zero-order chi connectivity index (χ0) is 46.7. The number of phenols is 2. The molecule has 3 aromatic carbocycles. The molecule has 1 aliphatic heterocycles. The Labute approximate surface area is 380 Å². The number of phenolic OH excluding ortho intramolecular Hbond substituents is 2. The van der Waals surface area contributed by atoms with Gasteiger partial charge in [-0.15, -0.1) is 0 Å². The summed E-state index contributed by atoms with van der Waals surface area (Å²) in [4.78, 5) is 53.2. The molecule has 19 nitrogen and oxygen atoms in total. The van der Waals surface area contributed by atoms with Gasteiger partial charge in [0.05, 0.1) is 54.4 Å². The van der Waals surface area contributed by atoms with E-state index in [0.29, 0.717) is 17.9 Å². The number of amides is 1. The van der Waals surface area contributed by atoms with Crippen LogP contribution >= 0.6 is 21.6 Å². The molecule has 1 amide bonds. The Balaban J connectivity index is 0.980.